The molecule has 0 saturated heterocycles. The molecule has 7 heteroatoms. The molecule has 1 aromatic rings. The van der Waals surface area contributed by atoms with Crippen LogP contribution in [-0.4, -0.2) is 30.6 Å². The Morgan fingerprint density at radius 2 is 2.29 bits per heavy atom. The summed E-state index contributed by atoms with van der Waals surface area (Å²) in [5, 5.41) is 2.53. The Kier molecular flexibility index (Phi) is 7.18. The van der Waals surface area contributed by atoms with E-state index >= 15 is 0 Å². The van der Waals surface area contributed by atoms with Gasteiger partial charge in [0.1, 0.15) is 0 Å². The van der Waals surface area contributed by atoms with Gasteiger partial charge in [0, 0.05) is 19.2 Å². The van der Waals surface area contributed by atoms with Crippen LogP contribution in [0.4, 0.5) is 13.6 Å². The lowest BCUT2D eigenvalue weighted by Crippen LogP contribution is -2.45. The first kappa shape index (κ1) is 17.5. The highest BCUT2D eigenvalue weighted by molar-refractivity contribution is 7.75. The Balaban J connectivity index is 2.63. The molecular formula is C14H18F2N2O2S. The fourth-order valence-electron chi connectivity index (χ4n) is 1.76. The van der Waals surface area contributed by atoms with Crippen molar-refractivity contribution < 1.29 is 17.8 Å². The third kappa shape index (κ3) is 5.02. The van der Waals surface area contributed by atoms with E-state index < -0.39 is 17.7 Å². The zero-order valence-corrected chi connectivity index (χ0v) is 12.6. The molecule has 2 amide bonds. The largest absolute Gasteiger partial charge is 0.334 e. The molecule has 0 aliphatic rings. The van der Waals surface area contributed by atoms with Crippen LogP contribution >= 0.6 is 12.9 Å². The number of halogens is 2. The molecule has 0 saturated carbocycles. The minimum absolute atomic E-state index is 0.0856. The number of carbonyl (C=O) groups excluding carboxylic acids is 1. The number of benzene rings is 1. The van der Waals surface area contributed by atoms with Gasteiger partial charge in [-0.3, -0.25) is 0 Å². The van der Waals surface area contributed by atoms with Crippen molar-refractivity contribution in [3.8, 4) is 0 Å². The summed E-state index contributed by atoms with van der Waals surface area (Å²) in [6, 6.07) is 3.17. The first-order chi connectivity index (χ1) is 10.0. The van der Waals surface area contributed by atoms with Crippen LogP contribution in [0.25, 0.3) is 0 Å². The minimum atomic E-state index is -0.957. The number of nitrogens with zero attached hydrogens (tertiary/aromatic N) is 1. The zero-order valence-electron chi connectivity index (χ0n) is 11.7. The number of hydrogen-bond donors (Lipinski definition) is 2. The first-order valence-electron chi connectivity index (χ1n) is 6.32. The first-order valence-corrected chi connectivity index (χ1v) is 6.68. The normalized spacial score (nSPS) is 11.8. The lowest BCUT2D eigenvalue weighted by molar-refractivity contribution is 0.167. The van der Waals surface area contributed by atoms with Gasteiger partial charge in [-0.25, -0.2) is 13.6 Å². The van der Waals surface area contributed by atoms with Crippen molar-refractivity contribution in [3.63, 3.8) is 0 Å². The van der Waals surface area contributed by atoms with Gasteiger partial charge in [0.15, 0.2) is 11.6 Å². The monoisotopic (exact) mass is 316 g/mol. The van der Waals surface area contributed by atoms with Crippen molar-refractivity contribution in [2.45, 2.75) is 19.0 Å². The Bertz CT molecular complexity index is 500. The number of rotatable bonds is 7. The number of nitrogens with one attached hydrogen (secondary N) is 1. The van der Waals surface area contributed by atoms with Gasteiger partial charge in [-0.05, 0) is 25.4 Å². The molecule has 0 aliphatic carbocycles. The van der Waals surface area contributed by atoms with Crippen molar-refractivity contribution in [3.05, 3.63) is 48.1 Å². The van der Waals surface area contributed by atoms with Gasteiger partial charge < -0.3 is 14.4 Å². The maximum atomic E-state index is 13.5. The zero-order chi connectivity index (χ0) is 15.8. The quantitative estimate of drug-likeness (QED) is 0.461. The van der Waals surface area contributed by atoms with E-state index in [0.717, 1.165) is 6.07 Å². The molecule has 0 bridgehead atoms. The van der Waals surface area contributed by atoms with Crippen LogP contribution in [0.15, 0.2) is 30.9 Å². The SMILES string of the molecule is C=CC[C@@H](COS)N(C)C(=O)NCc1cccc(F)c1F. The summed E-state index contributed by atoms with van der Waals surface area (Å²) >= 11 is 3.67. The van der Waals surface area contributed by atoms with Crippen molar-refractivity contribution >= 4 is 18.9 Å². The van der Waals surface area contributed by atoms with Crippen molar-refractivity contribution in [2.75, 3.05) is 13.7 Å². The molecule has 1 N–H and O–H groups in total. The summed E-state index contributed by atoms with van der Waals surface area (Å²) < 4.78 is 31.3. The van der Waals surface area contributed by atoms with E-state index in [1.54, 1.807) is 13.1 Å². The summed E-state index contributed by atoms with van der Waals surface area (Å²) in [7, 11) is 1.58. The molecule has 0 spiro atoms. The lowest BCUT2D eigenvalue weighted by Gasteiger charge is -2.26. The summed E-state index contributed by atoms with van der Waals surface area (Å²) in [5.41, 5.74) is 0.0856. The number of likely N-dealkylation sites (N-methyl/N-ethyl adjacent to an activating group) is 1. The van der Waals surface area contributed by atoms with Gasteiger partial charge in [0.05, 0.1) is 12.6 Å². The van der Waals surface area contributed by atoms with Crippen LogP contribution in [0.5, 0.6) is 0 Å². The standard InChI is InChI=1S/C14H18F2N2O2S/c1-3-5-11(9-20-21)18(2)14(19)17-8-10-6-4-7-12(15)13(10)16/h3-4,6-7,11,21H,1,5,8-9H2,2H3,(H,17,19)/t11-/m0/s1. The van der Waals surface area contributed by atoms with Crippen LogP contribution in [0.3, 0.4) is 0 Å². The van der Waals surface area contributed by atoms with Crippen LogP contribution in [0.1, 0.15) is 12.0 Å². The molecule has 0 aliphatic heterocycles. The van der Waals surface area contributed by atoms with Crippen LogP contribution < -0.4 is 5.32 Å². The van der Waals surface area contributed by atoms with Crippen molar-refractivity contribution in [1.82, 2.24) is 10.2 Å². The molecule has 1 rings (SSSR count). The summed E-state index contributed by atoms with van der Waals surface area (Å²) in [5.74, 6) is -1.90. The second-order valence-electron chi connectivity index (χ2n) is 4.46. The molecule has 0 unspecified atom stereocenters. The molecular weight excluding hydrogens is 298 g/mol. The summed E-state index contributed by atoms with van der Waals surface area (Å²) in [6.07, 6.45) is 2.19. The third-order valence-corrected chi connectivity index (χ3v) is 3.18. The number of thiol groups is 1. The van der Waals surface area contributed by atoms with E-state index in [1.165, 1.54) is 17.0 Å². The fraction of sp³-hybridized carbons (Fsp3) is 0.357. The van der Waals surface area contributed by atoms with E-state index in [2.05, 4.69) is 24.8 Å². The van der Waals surface area contributed by atoms with Crippen LogP contribution in [0, 0.1) is 11.6 Å². The molecule has 0 fully saturated rings. The molecule has 4 nitrogen and oxygen atoms in total. The van der Waals surface area contributed by atoms with Gasteiger partial charge in [-0.2, -0.15) is 0 Å². The van der Waals surface area contributed by atoms with E-state index in [-0.39, 0.29) is 24.8 Å². The number of carbonyl (C=O) groups is 1. The average molecular weight is 316 g/mol. The molecule has 1 aromatic carbocycles. The van der Waals surface area contributed by atoms with Crippen molar-refractivity contribution in [2.24, 2.45) is 0 Å². The maximum absolute atomic E-state index is 13.5. The summed E-state index contributed by atoms with van der Waals surface area (Å²) in [6.45, 7) is 3.74. The lowest BCUT2D eigenvalue weighted by atomic mass is 10.2. The fourth-order valence-corrected chi connectivity index (χ4v) is 1.93. The second-order valence-corrected chi connectivity index (χ2v) is 4.71. The van der Waals surface area contributed by atoms with E-state index in [4.69, 9.17) is 4.18 Å². The molecule has 0 heterocycles. The third-order valence-electron chi connectivity index (χ3n) is 3.04. The van der Waals surface area contributed by atoms with E-state index in [0.29, 0.717) is 6.42 Å². The van der Waals surface area contributed by atoms with Gasteiger partial charge in [0.25, 0.3) is 0 Å². The number of urea groups is 1. The highest BCUT2D eigenvalue weighted by Crippen LogP contribution is 2.11. The van der Waals surface area contributed by atoms with Gasteiger partial charge in [0.2, 0.25) is 0 Å². The predicted molar refractivity (Wildman–Crippen MR) is 79.9 cm³/mol. The van der Waals surface area contributed by atoms with Gasteiger partial charge in [-0.1, -0.05) is 18.2 Å². The van der Waals surface area contributed by atoms with Gasteiger partial charge in [-0.15, -0.1) is 6.58 Å². The molecule has 116 valence electrons. The predicted octanol–water partition coefficient (Wildman–Crippen LogP) is 2.91. The highest BCUT2D eigenvalue weighted by atomic mass is 32.1. The topological polar surface area (TPSA) is 41.6 Å². The van der Waals surface area contributed by atoms with Crippen molar-refractivity contribution in [1.29, 1.82) is 0 Å². The Morgan fingerprint density at radius 1 is 1.57 bits per heavy atom. The Hall–Kier alpha value is -1.60. The molecule has 0 aromatic heterocycles. The minimum Gasteiger partial charge on any atom is -0.334 e. The molecule has 21 heavy (non-hydrogen) atoms. The Morgan fingerprint density at radius 3 is 2.90 bits per heavy atom. The Labute approximate surface area is 128 Å². The van der Waals surface area contributed by atoms with Crippen LogP contribution in [-0.2, 0) is 10.7 Å². The molecule has 1 atom stereocenters. The highest BCUT2D eigenvalue weighted by Gasteiger charge is 2.19. The number of amides is 2. The smallest absolute Gasteiger partial charge is 0.317 e. The second kappa shape index (κ2) is 8.63. The van der Waals surface area contributed by atoms with E-state index in [1.807, 2.05) is 0 Å². The average Bonchev–Trinajstić information content (AvgIpc) is 2.47. The van der Waals surface area contributed by atoms with Gasteiger partial charge >= 0.3 is 6.03 Å². The number of hydrogen-bond acceptors (Lipinski definition) is 3. The van der Waals surface area contributed by atoms with Crippen LogP contribution in [0.2, 0.25) is 0 Å². The maximum Gasteiger partial charge on any atom is 0.317 e. The van der Waals surface area contributed by atoms with E-state index in [9.17, 15) is 13.6 Å². The summed E-state index contributed by atoms with van der Waals surface area (Å²) in [4.78, 5) is 13.4. The molecule has 0 radical (unpaired) electrons.